The second kappa shape index (κ2) is 9.79. The van der Waals surface area contributed by atoms with Gasteiger partial charge in [-0.2, -0.15) is 5.10 Å². The van der Waals surface area contributed by atoms with Crippen LogP contribution in [0.2, 0.25) is 15.2 Å². The molecule has 3 atom stereocenters. The molecular formula is C27H31Cl3N4O4. The van der Waals surface area contributed by atoms with Crippen LogP contribution >= 0.6 is 34.8 Å². The van der Waals surface area contributed by atoms with Crippen LogP contribution in [0.3, 0.4) is 0 Å². The number of ketones is 1. The second-order valence-corrected chi connectivity index (χ2v) is 13.1. The fourth-order valence-corrected chi connectivity index (χ4v) is 7.49. The van der Waals surface area contributed by atoms with Crippen LogP contribution in [0.15, 0.2) is 18.6 Å². The highest BCUT2D eigenvalue weighted by Gasteiger charge is 2.63. The maximum absolute atomic E-state index is 13.9. The van der Waals surface area contributed by atoms with Crippen molar-refractivity contribution >= 4 is 52.5 Å². The number of nitrogens with zero attached hydrogens (tertiary/aromatic N) is 4. The average Bonchev–Trinajstić information content (AvgIpc) is 3.24. The lowest BCUT2D eigenvalue weighted by atomic mass is 9.74. The summed E-state index contributed by atoms with van der Waals surface area (Å²) in [6.07, 6.45) is 8.01. The third kappa shape index (κ3) is 4.62. The van der Waals surface area contributed by atoms with Gasteiger partial charge in [0.05, 0.1) is 45.4 Å². The number of pyridine rings is 1. The van der Waals surface area contributed by atoms with Crippen LogP contribution in [0.4, 0.5) is 0 Å². The van der Waals surface area contributed by atoms with E-state index in [0.717, 1.165) is 12.8 Å². The van der Waals surface area contributed by atoms with E-state index in [9.17, 15) is 19.5 Å². The largest absolute Gasteiger partial charge is 0.481 e. The number of carbonyl (C=O) groups excluding carboxylic acids is 2. The summed E-state index contributed by atoms with van der Waals surface area (Å²) in [5, 5.41) is 14.5. The van der Waals surface area contributed by atoms with Gasteiger partial charge in [-0.15, -0.1) is 0 Å². The summed E-state index contributed by atoms with van der Waals surface area (Å²) in [7, 11) is 0. The van der Waals surface area contributed by atoms with Crippen molar-refractivity contribution in [3.05, 3.63) is 44.9 Å². The fourth-order valence-electron chi connectivity index (χ4n) is 6.61. The first-order valence-electron chi connectivity index (χ1n) is 12.9. The molecule has 11 heteroatoms. The molecule has 38 heavy (non-hydrogen) atoms. The molecule has 0 radical (unpaired) electrons. The molecule has 1 N–H and O–H groups in total. The number of aliphatic carboxylic acids is 1. The summed E-state index contributed by atoms with van der Waals surface area (Å²) in [6.45, 7) is 6.06. The molecule has 0 saturated heterocycles. The first-order valence-corrected chi connectivity index (χ1v) is 14.1. The molecule has 0 unspecified atom stereocenters. The zero-order valence-electron chi connectivity index (χ0n) is 21.6. The predicted molar refractivity (Wildman–Crippen MR) is 144 cm³/mol. The van der Waals surface area contributed by atoms with Crippen molar-refractivity contribution in [1.29, 1.82) is 0 Å². The minimum absolute atomic E-state index is 0.0964. The van der Waals surface area contributed by atoms with Gasteiger partial charge in [-0.05, 0) is 62.7 Å². The predicted octanol–water partition coefficient (Wildman–Crippen LogP) is 6.20. The van der Waals surface area contributed by atoms with Crippen LogP contribution in [0, 0.1) is 22.7 Å². The Morgan fingerprint density at radius 1 is 1.03 bits per heavy atom. The molecule has 1 amide bonds. The molecule has 3 saturated carbocycles. The Hall–Kier alpha value is -2.16. The monoisotopic (exact) mass is 580 g/mol. The Kier molecular flexibility index (Phi) is 7.06. The molecule has 2 aromatic heterocycles. The van der Waals surface area contributed by atoms with Crippen molar-refractivity contribution < 1.29 is 19.5 Å². The fraction of sp³-hybridized carbons (Fsp3) is 0.593. The van der Waals surface area contributed by atoms with Crippen LogP contribution in [-0.4, -0.2) is 55.0 Å². The zero-order valence-corrected chi connectivity index (χ0v) is 23.9. The normalized spacial score (nSPS) is 29.5. The average molecular weight is 582 g/mol. The van der Waals surface area contributed by atoms with Crippen molar-refractivity contribution in [1.82, 2.24) is 19.7 Å². The lowest BCUT2D eigenvalue weighted by Gasteiger charge is -2.34. The molecule has 2 aromatic rings. The van der Waals surface area contributed by atoms with Gasteiger partial charge in [0.15, 0.2) is 5.78 Å². The highest BCUT2D eigenvalue weighted by atomic mass is 35.5. The van der Waals surface area contributed by atoms with Gasteiger partial charge in [0, 0.05) is 18.4 Å². The molecule has 204 valence electrons. The Bertz CT molecular complexity index is 1270. The van der Waals surface area contributed by atoms with E-state index in [1.54, 1.807) is 16.5 Å². The van der Waals surface area contributed by atoms with Crippen molar-refractivity contribution in [2.45, 2.75) is 71.4 Å². The van der Waals surface area contributed by atoms with E-state index in [2.05, 4.69) is 23.9 Å². The van der Waals surface area contributed by atoms with E-state index in [1.165, 1.54) is 18.6 Å². The van der Waals surface area contributed by atoms with Gasteiger partial charge in [-0.25, -0.2) is 0 Å². The summed E-state index contributed by atoms with van der Waals surface area (Å²) < 4.78 is 1.63. The highest BCUT2D eigenvalue weighted by molar-refractivity contribution is 6.39. The smallest absolute Gasteiger partial charge is 0.309 e. The first-order chi connectivity index (χ1) is 17.8. The Labute approximate surface area is 236 Å². The molecule has 5 rings (SSSR count). The minimum Gasteiger partial charge on any atom is -0.481 e. The number of carbonyl (C=O) groups is 3. The van der Waals surface area contributed by atoms with Crippen molar-refractivity contribution in [2.24, 2.45) is 22.7 Å². The molecule has 2 heterocycles. The molecule has 8 nitrogen and oxygen atoms in total. The molecule has 3 aliphatic carbocycles. The van der Waals surface area contributed by atoms with E-state index in [-0.39, 0.29) is 62.1 Å². The quantitative estimate of drug-likeness (QED) is 0.390. The summed E-state index contributed by atoms with van der Waals surface area (Å²) in [6, 6.07) is -0.208. The van der Waals surface area contributed by atoms with E-state index in [4.69, 9.17) is 34.8 Å². The number of hydrogen-bond acceptors (Lipinski definition) is 5. The first kappa shape index (κ1) is 27.4. The van der Waals surface area contributed by atoms with Crippen molar-refractivity contribution in [3.8, 4) is 0 Å². The van der Waals surface area contributed by atoms with Crippen molar-refractivity contribution in [2.75, 3.05) is 6.54 Å². The van der Waals surface area contributed by atoms with Crippen LogP contribution < -0.4 is 0 Å². The summed E-state index contributed by atoms with van der Waals surface area (Å²) in [5.74, 6) is -0.499. The molecular weight excluding hydrogens is 551 g/mol. The molecule has 0 bridgehead atoms. The van der Waals surface area contributed by atoms with Gasteiger partial charge in [-0.3, -0.25) is 24.0 Å². The minimum atomic E-state index is -0.800. The molecule has 0 spiro atoms. The van der Waals surface area contributed by atoms with Gasteiger partial charge in [0.25, 0.3) is 5.91 Å². The standard InChI is InChI=1S/C27H31Cl3N4O4/c1-26(2)17-8-15(9-18(17)26)33(13-21(35)22-19(28)11-31-12-20(22)29)24(36)16-10-32-34(23(16)30)14-4-6-27(3,7-5-14)25(37)38/h10-12,14-15,17-18H,4-9,13H2,1-3H3,(H,37,38)/t14-,15-,17-,18+,27-. The summed E-state index contributed by atoms with van der Waals surface area (Å²) in [5.41, 5.74) is -0.132. The number of halogens is 3. The van der Waals surface area contributed by atoms with Crippen molar-refractivity contribution in [3.63, 3.8) is 0 Å². The SMILES string of the molecule is CC1(C)[C@@H]2C[C@@H](N(CC(=O)c3c(Cl)cncc3Cl)C(=O)c3cnn([C@H]4CC[C@](C)(C(=O)O)CC4)c3Cl)C[C@@H]21. The molecule has 3 aliphatic rings. The molecule has 0 aliphatic heterocycles. The number of Topliss-reactive ketones (excluding diaryl/α,β-unsaturated/α-hetero) is 1. The Balaban J connectivity index is 1.39. The number of carboxylic acids is 1. The van der Waals surface area contributed by atoms with E-state index in [1.807, 2.05) is 0 Å². The number of carboxylic acid groups (broad SMARTS) is 1. The van der Waals surface area contributed by atoms with Crippen LogP contribution in [0.25, 0.3) is 0 Å². The highest BCUT2D eigenvalue weighted by Crippen LogP contribution is 2.67. The van der Waals surface area contributed by atoms with Crippen LogP contribution in [0.1, 0.15) is 86.1 Å². The lowest BCUT2D eigenvalue weighted by molar-refractivity contribution is -0.150. The number of amides is 1. The third-order valence-electron chi connectivity index (χ3n) is 9.37. The molecule has 0 aromatic carbocycles. The van der Waals surface area contributed by atoms with E-state index < -0.39 is 11.4 Å². The number of aromatic nitrogens is 3. The number of hydrogen-bond donors (Lipinski definition) is 1. The number of fused-ring (bicyclic) bond motifs is 1. The molecule has 3 fully saturated rings. The van der Waals surface area contributed by atoms with E-state index >= 15 is 0 Å². The Morgan fingerprint density at radius 2 is 1.61 bits per heavy atom. The van der Waals surface area contributed by atoms with Gasteiger partial charge in [0.1, 0.15) is 5.15 Å². The topological polar surface area (TPSA) is 105 Å². The van der Waals surface area contributed by atoms with Gasteiger partial charge < -0.3 is 10.0 Å². The maximum Gasteiger partial charge on any atom is 0.309 e. The zero-order chi connectivity index (χ0) is 27.6. The van der Waals surface area contributed by atoms with Gasteiger partial charge in [-0.1, -0.05) is 48.7 Å². The summed E-state index contributed by atoms with van der Waals surface area (Å²) >= 11 is 19.2. The van der Waals surface area contributed by atoms with Gasteiger partial charge in [0.2, 0.25) is 0 Å². The second-order valence-electron chi connectivity index (χ2n) is 11.9. The third-order valence-corrected chi connectivity index (χ3v) is 10.3. The maximum atomic E-state index is 13.9. The Morgan fingerprint density at radius 3 is 2.16 bits per heavy atom. The lowest BCUT2D eigenvalue weighted by Crippen LogP contribution is -2.43. The number of rotatable bonds is 7. The summed E-state index contributed by atoms with van der Waals surface area (Å²) in [4.78, 5) is 44.5. The van der Waals surface area contributed by atoms with Gasteiger partial charge >= 0.3 is 5.97 Å². The van der Waals surface area contributed by atoms with Crippen LogP contribution in [-0.2, 0) is 4.79 Å². The van der Waals surface area contributed by atoms with E-state index in [0.29, 0.717) is 37.5 Å². The van der Waals surface area contributed by atoms with Crippen LogP contribution in [0.5, 0.6) is 0 Å².